The normalized spacial score (nSPS) is 23.4. The molecule has 2 atom stereocenters. The molecular formula is C22H20FNO4S2. The minimum absolute atomic E-state index is 0.202. The Morgan fingerprint density at radius 1 is 1.33 bits per heavy atom. The van der Waals surface area contributed by atoms with Crippen LogP contribution in [-0.4, -0.2) is 32.2 Å². The van der Waals surface area contributed by atoms with Crippen molar-refractivity contribution in [2.75, 3.05) is 0 Å². The quantitative estimate of drug-likeness (QED) is 0.513. The fourth-order valence-electron chi connectivity index (χ4n) is 3.94. The molecule has 30 heavy (non-hydrogen) atoms. The van der Waals surface area contributed by atoms with Crippen molar-refractivity contribution < 1.29 is 23.5 Å². The highest BCUT2D eigenvalue weighted by molar-refractivity contribution is 8.26. The summed E-state index contributed by atoms with van der Waals surface area (Å²) in [7, 11) is 0. The number of aliphatic carboxylic acids is 1. The molecule has 1 amide bonds. The smallest absolute Gasteiger partial charge is 0.306 e. The van der Waals surface area contributed by atoms with E-state index in [2.05, 4.69) is 0 Å². The fourth-order valence-corrected chi connectivity index (χ4v) is 5.32. The number of thioether (sulfide) groups is 1. The van der Waals surface area contributed by atoms with Crippen LogP contribution in [0.25, 0.3) is 17.4 Å². The Kier molecular flexibility index (Phi) is 5.79. The van der Waals surface area contributed by atoms with Gasteiger partial charge < -0.3 is 9.52 Å². The van der Waals surface area contributed by atoms with E-state index < -0.39 is 11.9 Å². The van der Waals surface area contributed by atoms with Crippen molar-refractivity contribution in [3.05, 3.63) is 52.4 Å². The van der Waals surface area contributed by atoms with E-state index in [-0.39, 0.29) is 17.8 Å². The standard InChI is InChI=1S/C22H20FNO4S2/c1-12-5-7-16(17(23)9-12)18-8-6-15(28-18)11-19-20(25)24(22(29)30-19)14-4-2-3-13(10-14)21(26)27/h5-9,11,13-14H,2-4,10H2,1H3,(H,26,27). The van der Waals surface area contributed by atoms with E-state index in [0.717, 1.165) is 18.4 Å². The van der Waals surface area contributed by atoms with Crippen LogP contribution in [-0.2, 0) is 9.59 Å². The van der Waals surface area contributed by atoms with Crippen LogP contribution in [0.3, 0.4) is 0 Å². The van der Waals surface area contributed by atoms with Crippen molar-refractivity contribution in [2.45, 2.75) is 38.6 Å². The summed E-state index contributed by atoms with van der Waals surface area (Å²) >= 11 is 6.58. The van der Waals surface area contributed by atoms with Gasteiger partial charge in [-0.15, -0.1) is 0 Å². The average Bonchev–Trinajstić information content (AvgIpc) is 3.26. The summed E-state index contributed by atoms with van der Waals surface area (Å²) < 4.78 is 20.4. The van der Waals surface area contributed by atoms with Crippen molar-refractivity contribution in [2.24, 2.45) is 5.92 Å². The van der Waals surface area contributed by atoms with Crippen molar-refractivity contribution in [3.8, 4) is 11.3 Å². The third-order valence-electron chi connectivity index (χ3n) is 5.47. The number of carboxylic acids is 1. The second kappa shape index (κ2) is 8.35. The van der Waals surface area contributed by atoms with Crippen molar-refractivity contribution >= 4 is 46.3 Å². The number of amides is 1. The number of benzene rings is 1. The Hall–Kier alpha value is -2.45. The number of halogens is 1. The van der Waals surface area contributed by atoms with Gasteiger partial charge in [-0.2, -0.15) is 0 Å². The Morgan fingerprint density at radius 3 is 2.87 bits per heavy atom. The topological polar surface area (TPSA) is 70.8 Å². The fraction of sp³-hybridized carbons (Fsp3) is 0.318. The van der Waals surface area contributed by atoms with E-state index in [0.29, 0.717) is 39.2 Å². The summed E-state index contributed by atoms with van der Waals surface area (Å²) in [6, 6.07) is 8.06. The molecule has 1 aromatic carbocycles. The summed E-state index contributed by atoms with van der Waals surface area (Å²) in [5.74, 6) is -1.07. The van der Waals surface area contributed by atoms with Gasteiger partial charge in [-0.25, -0.2) is 4.39 Å². The molecule has 1 saturated heterocycles. The third kappa shape index (κ3) is 4.06. The lowest BCUT2D eigenvalue weighted by atomic mass is 9.85. The summed E-state index contributed by atoms with van der Waals surface area (Å²) in [6.07, 6.45) is 4.13. The van der Waals surface area contributed by atoms with Crippen LogP contribution in [0.2, 0.25) is 0 Å². The summed E-state index contributed by atoms with van der Waals surface area (Å²) in [5, 5.41) is 9.32. The van der Waals surface area contributed by atoms with Gasteiger partial charge in [-0.05, 0) is 56.0 Å². The minimum Gasteiger partial charge on any atom is -0.481 e. The first-order valence-electron chi connectivity index (χ1n) is 9.69. The van der Waals surface area contributed by atoms with Gasteiger partial charge in [-0.3, -0.25) is 14.5 Å². The van der Waals surface area contributed by atoms with Gasteiger partial charge in [0.15, 0.2) is 0 Å². The maximum absolute atomic E-state index is 14.2. The number of rotatable bonds is 4. The van der Waals surface area contributed by atoms with Gasteiger partial charge in [0.05, 0.1) is 16.4 Å². The predicted molar refractivity (Wildman–Crippen MR) is 117 cm³/mol. The SMILES string of the molecule is Cc1ccc(-c2ccc(C=C3SC(=S)N(C4CCCC(C(=O)O)C4)C3=O)o2)c(F)c1. The van der Waals surface area contributed by atoms with Gasteiger partial charge in [0, 0.05) is 12.1 Å². The monoisotopic (exact) mass is 445 g/mol. The second-order valence-electron chi connectivity index (χ2n) is 7.59. The molecule has 4 rings (SSSR count). The largest absolute Gasteiger partial charge is 0.481 e. The molecule has 5 nitrogen and oxygen atoms in total. The molecule has 2 aromatic rings. The van der Waals surface area contributed by atoms with Gasteiger partial charge in [0.1, 0.15) is 21.7 Å². The van der Waals surface area contributed by atoms with Crippen LogP contribution in [0, 0.1) is 18.7 Å². The first kappa shape index (κ1) is 20.8. The highest BCUT2D eigenvalue weighted by Gasteiger charge is 2.40. The Labute approximate surface area is 182 Å². The number of carboxylic acid groups (broad SMARTS) is 1. The Balaban J connectivity index is 1.54. The van der Waals surface area contributed by atoms with Crippen LogP contribution in [0.5, 0.6) is 0 Å². The highest BCUT2D eigenvalue weighted by atomic mass is 32.2. The van der Waals surface area contributed by atoms with E-state index >= 15 is 0 Å². The highest BCUT2D eigenvalue weighted by Crippen LogP contribution is 2.39. The van der Waals surface area contributed by atoms with Gasteiger partial charge in [0.25, 0.3) is 5.91 Å². The number of carbonyl (C=O) groups is 2. The molecule has 2 aliphatic rings. The summed E-state index contributed by atoms with van der Waals surface area (Å²) in [6.45, 7) is 1.81. The van der Waals surface area contributed by atoms with Gasteiger partial charge in [-0.1, -0.05) is 36.5 Å². The molecule has 1 N–H and O–H groups in total. The van der Waals surface area contributed by atoms with Crippen molar-refractivity contribution in [3.63, 3.8) is 0 Å². The van der Waals surface area contributed by atoms with E-state index in [4.69, 9.17) is 16.6 Å². The molecule has 1 saturated carbocycles. The second-order valence-corrected chi connectivity index (χ2v) is 9.27. The number of nitrogens with zero attached hydrogens (tertiary/aromatic N) is 1. The molecule has 1 aromatic heterocycles. The molecule has 0 bridgehead atoms. The lowest BCUT2D eigenvalue weighted by molar-refractivity contribution is -0.144. The number of furan rings is 1. The molecule has 156 valence electrons. The van der Waals surface area contributed by atoms with Crippen LogP contribution >= 0.6 is 24.0 Å². The molecule has 2 fully saturated rings. The molecule has 0 spiro atoms. The van der Waals surface area contributed by atoms with Crippen LogP contribution in [0.1, 0.15) is 37.0 Å². The lowest BCUT2D eigenvalue weighted by Crippen LogP contribution is -2.42. The van der Waals surface area contributed by atoms with E-state index in [9.17, 15) is 19.1 Å². The summed E-state index contributed by atoms with van der Waals surface area (Å²) in [5.41, 5.74) is 1.18. The van der Waals surface area contributed by atoms with Crippen LogP contribution in [0.4, 0.5) is 4.39 Å². The maximum atomic E-state index is 14.2. The number of aryl methyl sites for hydroxylation is 1. The van der Waals surface area contributed by atoms with Crippen molar-refractivity contribution in [1.29, 1.82) is 0 Å². The molecule has 2 unspecified atom stereocenters. The maximum Gasteiger partial charge on any atom is 0.306 e. The minimum atomic E-state index is -0.827. The molecule has 1 aliphatic carbocycles. The summed E-state index contributed by atoms with van der Waals surface area (Å²) in [4.78, 5) is 26.3. The zero-order valence-electron chi connectivity index (χ0n) is 16.3. The number of hydrogen-bond donors (Lipinski definition) is 1. The number of thiocarbonyl (C=S) groups is 1. The van der Waals surface area contributed by atoms with Crippen LogP contribution < -0.4 is 0 Å². The van der Waals surface area contributed by atoms with Crippen molar-refractivity contribution in [1.82, 2.24) is 4.90 Å². The zero-order chi connectivity index (χ0) is 21.4. The van der Waals surface area contributed by atoms with E-state index in [1.165, 1.54) is 17.8 Å². The van der Waals surface area contributed by atoms with Gasteiger partial charge in [0.2, 0.25) is 0 Å². The molecule has 8 heteroatoms. The molecule has 0 radical (unpaired) electrons. The van der Waals surface area contributed by atoms with Gasteiger partial charge >= 0.3 is 5.97 Å². The Morgan fingerprint density at radius 2 is 2.13 bits per heavy atom. The average molecular weight is 446 g/mol. The lowest BCUT2D eigenvalue weighted by Gasteiger charge is -2.32. The number of hydrogen-bond acceptors (Lipinski definition) is 5. The molecular weight excluding hydrogens is 425 g/mol. The molecule has 2 heterocycles. The Bertz CT molecular complexity index is 1060. The number of carbonyl (C=O) groups excluding carboxylic acids is 1. The first-order valence-corrected chi connectivity index (χ1v) is 10.9. The predicted octanol–water partition coefficient (Wildman–Crippen LogP) is 5.24. The molecule has 1 aliphatic heterocycles. The van der Waals surface area contributed by atoms with E-state index in [1.54, 1.807) is 35.2 Å². The third-order valence-corrected chi connectivity index (χ3v) is 6.81. The first-order chi connectivity index (χ1) is 14.3. The zero-order valence-corrected chi connectivity index (χ0v) is 17.9. The van der Waals surface area contributed by atoms with Crippen LogP contribution in [0.15, 0.2) is 39.7 Å². The van der Waals surface area contributed by atoms with E-state index in [1.807, 2.05) is 6.92 Å².